The Morgan fingerprint density at radius 3 is 2.29 bits per heavy atom. The molecule has 0 atom stereocenters. The summed E-state index contributed by atoms with van der Waals surface area (Å²) in [5.74, 6) is 0. The van der Waals surface area contributed by atoms with E-state index in [1.54, 1.807) is 0 Å². The van der Waals surface area contributed by atoms with Crippen molar-refractivity contribution >= 4 is 32.5 Å². The van der Waals surface area contributed by atoms with Gasteiger partial charge in [-0.15, -0.1) is 0 Å². The maximum Gasteiger partial charge on any atom is 0.618 e. The highest BCUT2D eigenvalue weighted by Gasteiger charge is 1.93. The molecule has 0 rings (SSSR count). The quantitative estimate of drug-likeness (QED) is 0.470. The molecule has 0 fully saturated rings. The van der Waals surface area contributed by atoms with Crippen LogP contribution in [0.3, 0.4) is 0 Å². The Morgan fingerprint density at radius 2 is 2.14 bits per heavy atom. The lowest BCUT2D eigenvalue weighted by atomic mass is 10.5. The van der Waals surface area contributed by atoms with Gasteiger partial charge in [-0.3, -0.25) is 0 Å². The standard InChI is InChI=1S/C3H7O.2Al.O.3H/c1-3(2)4;;;;;;/h3H,1-2H3;;;;;;/q-1;;+1;;;;. The fourth-order valence-electron chi connectivity index (χ4n) is 0.204. The molecular formula is C3H10Al2O2. The third-order valence-corrected chi connectivity index (χ3v) is 2.26. The third kappa shape index (κ3) is 6.98. The molecule has 0 bridgehead atoms. The number of rotatable bonds is 3. The van der Waals surface area contributed by atoms with Crippen molar-refractivity contribution in [3.8, 4) is 0 Å². The Hall–Kier alpha value is 0.985. The van der Waals surface area contributed by atoms with Gasteiger partial charge in [0, 0.05) is 6.10 Å². The van der Waals surface area contributed by atoms with Crippen LogP contribution in [-0.4, -0.2) is 38.6 Å². The Labute approximate surface area is 59.3 Å². The fraction of sp³-hybridized carbons (Fsp3) is 1.00. The van der Waals surface area contributed by atoms with Gasteiger partial charge in [0.05, 0.1) is 0 Å². The van der Waals surface area contributed by atoms with Crippen LogP contribution >= 0.6 is 0 Å². The van der Waals surface area contributed by atoms with Crippen LogP contribution in [0.4, 0.5) is 0 Å². The predicted octanol–water partition coefficient (Wildman–Crippen LogP) is -0.757. The minimum Gasteiger partial charge on any atom is -0.622 e. The van der Waals surface area contributed by atoms with Gasteiger partial charge in [0.15, 0.2) is 0 Å². The molecule has 0 aliphatic carbocycles. The Bertz CT molecular complexity index is 39.9. The molecule has 0 aliphatic rings. The maximum absolute atomic E-state index is 5.14. The molecule has 0 aromatic heterocycles. The first-order valence-corrected chi connectivity index (χ1v) is 4.35. The summed E-state index contributed by atoms with van der Waals surface area (Å²) >= 11 is 0.267. The summed E-state index contributed by atoms with van der Waals surface area (Å²) in [5, 5.41) is 0. The summed E-state index contributed by atoms with van der Waals surface area (Å²) in [6.07, 6.45) is 0.362. The van der Waals surface area contributed by atoms with Gasteiger partial charge in [0.1, 0.15) is 0 Å². The van der Waals surface area contributed by atoms with Gasteiger partial charge < -0.3 is 6.63 Å². The van der Waals surface area contributed by atoms with Crippen molar-refractivity contribution in [3.05, 3.63) is 0 Å². The molecule has 2 nitrogen and oxygen atoms in total. The second kappa shape index (κ2) is 5.13. The Kier molecular flexibility index (Phi) is 5.85. The summed E-state index contributed by atoms with van der Waals surface area (Å²) < 4.78 is 10.1. The SMILES string of the molecule is CC(C)[O][AlH][O][AlH2]. The van der Waals surface area contributed by atoms with E-state index in [1.165, 1.54) is 0 Å². The lowest BCUT2D eigenvalue weighted by Gasteiger charge is -2.03. The summed E-state index contributed by atoms with van der Waals surface area (Å²) in [6.45, 7) is 4.04. The molecular weight excluding hydrogens is 122 g/mol. The van der Waals surface area contributed by atoms with Gasteiger partial charge in [-0.25, -0.2) is 0 Å². The molecule has 7 heavy (non-hydrogen) atoms. The molecule has 4 heteroatoms. The van der Waals surface area contributed by atoms with Crippen LogP contribution in [0.2, 0.25) is 0 Å². The van der Waals surface area contributed by atoms with E-state index in [1.807, 2.05) is 13.8 Å². The average Bonchev–Trinajstić information content (AvgIpc) is 1.61. The third-order valence-electron chi connectivity index (χ3n) is 0.519. The van der Waals surface area contributed by atoms with E-state index < -0.39 is 15.9 Å². The summed E-state index contributed by atoms with van der Waals surface area (Å²) in [5.41, 5.74) is 0. The zero-order chi connectivity index (χ0) is 5.70. The van der Waals surface area contributed by atoms with Crippen LogP contribution in [0.5, 0.6) is 0 Å². The molecule has 0 unspecified atom stereocenters. The zero-order valence-corrected chi connectivity index (χ0v) is 8.52. The van der Waals surface area contributed by atoms with Crippen molar-refractivity contribution in [1.29, 1.82) is 0 Å². The predicted molar refractivity (Wildman–Crippen MR) is 33.0 cm³/mol. The van der Waals surface area contributed by atoms with E-state index in [0.717, 1.165) is 16.6 Å². The van der Waals surface area contributed by atoms with Crippen molar-refractivity contribution < 1.29 is 6.63 Å². The monoisotopic (exact) mass is 132 g/mol. The van der Waals surface area contributed by atoms with Gasteiger partial charge >= 0.3 is 32.5 Å². The highest BCUT2D eigenvalue weighted by atomic mass is 27.2. The van der Waals surface area contributed by atoms with Crippen LogP contribution in [0.15, 0.2) is 0 Å². The van der Waals surface area contributed by atoms with Crippen molar-refractivity contribution in [2.75, 3.05) is 0 Å². The number of hydrogen-bond acceptors (Lipinski definition) is 2. The molecule has 0 amide bonds. The molecule has 0 aromatic rings. The molecule has 40 valence electrons. The van der Waals surface area contributed by atoms with Crippen LogP contribution in [0, 0.1) is 0 Å². The second-order valence-corrected chi connectivity index (χ2v) is 4.50. The molecule has 0 saturated heterocycles. The van der Waals surface area contributed by atoms with Crippen LogP contribution < -0.4 is 0 Å². The smallest absolute Gasteiger partial charge is 0.618 e. The highest BCUT2D eigenvalue weighted by Crippen LogP contribution is 1.82. The Morgan fingerprint density at radius 1 is 1.57 bits per heavy atom. The minimum atomic E-state index is -0.564. The van der Waals surface area contributed by atoms with E-state index in [0.29, 0.717) is 6.10 Å². The maximum atomic E-state index is 5.14. The minimum absolute atomic E-state index is 0.362. The topological polar surface area (TPSA) is 18.5 Å². The molecule has 0 radical (unpaired) electrons. The van der Waals surface area contributed by atoms with Gasteiger partial charge in [0.2, 0.25) is 0 Å². The van der Waals surface area contributed by atoms with Gasteiger partial charge in [-0.05, 0) is 13.8 Å². The largest absolute Gasteiger partial charge is 0.622 e. The normalized spacial score (nSPS) is 9.57. The summed E-state index contributed by atoms with van der Waals surface area (Å²) in [6, 6.07) is 0. The van der Waals surface area contributed by atoms with Crippen LogP contribution in [0.1, 0.15) is 13.8 Å². The highest BCUT2D eigenvalue weighted by molar-refractivity contribution is 6.27. The second-order valence-electron chi connectivity index (χ2n) is 1.62. The van der Waals surface area contributed by atoms with Crippen LogP contribution in [0.25, 0.3) is 0 Å². The molecule has 0 saturated carbocycles. The van der Waals surface area contributed by atoms with Crippen LogP contribution in [-0.2, 0) is 6.63 Å². The van der Waals surface area contributed by atoms with Crippen molar-refractivity contribution in [2.24, 2.45) is 0 Å². The number of hydrogen-bond donors (Lipinski definition) is 0. The van der Waals surface area contributed by atoms with Crippen molar-refractivity contribution in [3.63, 3.8) is 0 Å². The molecule has 0 aromatic carbocycles. The summed E-state index contributed by atoms with van der Waals surface area (Å²) in [7, 11) is 0. The summed E-state index contributed by atoms with van der Waals surface area (Å²) in [4.78, 5) is 0. The first-order chi connectivity index (χ1) is 3.27. The average molecular weight is 132 g/mol. The lowest BCUT2D eigenvalue weighted by molar-refractivity contribution is 0.226. The van der Waals surface area contributed by atoms with E-state index in [9.17, 15) is 0 Å². The first kappa shape index (κ1) is 7.98. The molecule has 0 N–H and O–H groups in total. The van der Waals surface area contributed by atoms with E-state index >= 15 is 0 Å². The van der Waals surface area contributed by atoms with Gasteiger partial charge in [0.25, 0.3) is 0 Å². The molecule has 0 heterocycles. The van der Waals surface area contributed by atoms with E-state index in [-0.39, 0.29) is 0 Å². The molecule has 0 aliphatic heterocycles. The first-order valence-electron chi connectivity index (χ1n) is 2.38. The van der Waals surface area contributed by atoms with Gasteiger partial charge in [-0.2, -0.15) is 0 Å². The fourth-order valence-corrected chi connectivity index (χ4v) is 1.02. The zero-order valence-electron chi connectivity index (χ0n) is 5.10. The molecule has 0 spiro atoms. The Balaban J connectivity index is 2.68. The van der Waals surface area contributed by atoms with E-state index in [2.05, 4.69) is 0 Å². The van der Waals surface area contributed by atoms with Crippen molar-refractivity contribution in [2.45, 2.75) is 20.0 Å². The van der Waals surface area contributed by atoms with E-state index in [4.69, 9.17) is 6.63 Å². The van der Waals surface area contributed by atoms with Gasteiger partial charge in [-0.1, -0.05) is 0 Å². The lowest BCUT2D eigenvalue weighted by Crippen LogP contribution is -2.08. The van der Waals surface area contributed by atoms with Crippen molar-refractivity contribution in [1.82, 2.24) is 0 Å².